The lowest BCUT2D eigenvalue weighted by Crippen LogP contribution is -2.55. The van der Waals surface area contributed by atoms with Gasteiger partial charge in [-0.2, -0.15) is 4.98 Å². The Morgan fingerprint density at radius 1 is 0.823 bits per heavy atom. The fraction of sp³-hybridized carbons (Fsp3) is 0.441. The van der Waals surface area contributed by atoms with Gasteiger partial charge in [-0.05, 0) is 101 Å². The summed E-state index contributed by atoms with van der Waals surface area (Å²) in [5.41, 5.74) is 6.78. The Hall–Kier alpha value is -7.81. The van der Waals surface area contributed by atoms with Crippen molar-refractivity contribution in [3.8, 4) is 22.8 Å². The van der Waals surface area contributed by atoms with E-state index in [0.717, 1.165) is 125 Å². The highest BCUT2D eigenvalue weighted by Gasteiger charge is 2.41. The molecule has 2 fully saturated rings. The van der Waals surface area contributed by atoms with Crippen LogP contribution in [-0.4, -0.2) is 170 Å². The molecule has 418 valence electrons. The van der Waals surface area contributed by atoms with Crippen molar-refractivity contribution < 1.29 is 23.9 Å². The summed E-state index contributed by atoms with van der Waals surface area (Å²) in [6.45, 7) is 14.7. The molecule has 6 aromatic rings. The van der Waals surface area contributed by atoms with Crippen LogP contribution in [0.5, 0.6) is 11.5 Å². The fourth-order valence-electron chi connectivity index (χ4n) is 11.1. The minimum Gasteiger partial charge on any atom is -0.495 e. The third kappa shape index (κ3) is 13.0. The molecule has 20 nitrogen and oxygen atoms in total. The summed E-state index contributed by atoms with van der Waals surface area (Å²) in [6.07, 6.45) is 13.7. The maximum absolute atomic E-state index is 13.3. The van der Waals surface area contributed by atoms with Gasteiger partial charge < -0.3 is 64.7 Å². The normalized spacial score (nSPS) is 16.1. The second-order valence-electron chi connectivity index (χ2n) is 20.8. The predicted molar refractivity (Wildman–Crippen MR) is 315 cm³/mol. The zero-order chi connectivity index (χ0) is 55.6. The van der Waals surface area contributed by atoms with Gasteiger partial charge in [0, 0.05) is 113 Å². The molecule has 79 heavy (non-hydrogen) atoms. The van der Waals surface area contributed by atoms with Crippen LogP contribution >= 0.6 is 0 Å². The van der Waals surface area contributed by atoms with Crippen molar-refractivity contribution >= 4 is 74.8 Å². The quantitative estimate of drug-likeness (QED) is 0.0339. The van der Waals surface area contributed by atoms with Crippen molar-refractivity contribution in [3.63, 3.8) is 0 Å². The van der Waals surface area contributed by atoms with Gasteiger partial charge in [0.25, 0.3) is 5.91 Å². The van der Waals surface area contributed by atoms with E-state index in [9.17, 15) is 14.4 Å². The fourth-order valence-corrected chi connectivity index (χ4v) is 11.1. The number of carbonyl (C=O) groups is 3. The van der Waals surface area contributed by atoms with Gasteiger partial charge in [0.2, 0.25) is 23.7 Å². The van der Waals surface area contributed by atoms with E-state index in [0.29, 0.717) is 71.2 Å². The van der Waals surface area contributed by atoms with Crippen LogP contribution in [0, 0.1) is 0 Å². The van der Waals surface area contributed by atoms with Crippen LogP contribution in [-0.2, 0) is 16.6 Å². The minimum absolute atomic E-state index is 0.0734. The molecule has 3 aliphatic rings. The molecule has 4 N–H and O–H groups in total. The number of nitrogens with one attached hydrogen (secondary N) is 4. The molecule has 20 heteroatoms. The number of hydrogen-bond acceptors (Lipinski definition) is 16. The first kappa shape index (κ1) is 55.9. The SMILES string of the molecule is C=CC(=O)Nc1cc(Nc2nccc(-c3cn(C)c4ccccc34)n2)c(OC)cc1N(C)CCN(C)CCCN1CCN(CCCNC(=O)c2ccc(Nc3ncc4c(n3)N(C3CCCC3)C(CC)C(=O)N4C)c(OC)c2)CC1. The van der Waals surface area contributed by atoms with Gasteiger partial charge in [-0.15, -0.1) is 0 Å². The van der Waals surface area contributed by atoms with E-state index in [1.54, 1.807) is 50.7 Å². The number of carbonyl (C=O) groups excluding carboxylic acids is 3. The molecular formula is C59H77N15O5. The average Bonchev–Trinajstić information content (AvgIpc) is 4.22. The highest BCUT2D eigenvalue weighted by Crippen LogP contribution is 2.41. The third-order valence-electron chi connectivity index (χ3n) is 15.6. The molecule has 3 aromatic carbocycles. The lowest BCUT2D eigenvalue weighted by molar-refractivity contribution is -0.120. The molecule has 1 unspecified atom stereocenters. The summed E-state index contributed by atoms with van der Waals surface area (Å²) in [5.74, 6) is 2.25. The number of benzene rings is 3. The average molecular weight is 1080 g/mol. The number of amides is 3. The molecule has 0 radical (unpaired) electrons. The summed E-state index contributed by atoms with van der Waals surface area (Å²) in [4.78, 5) is 71.7. The zero-order valence-electron chi connectivity index (χ0n) is 46.9. The second-order valence-corrected chi connectivity index (χ2v) is 20.8. The van der Waals surface area contributed by atoms with E-state index in [-0.39, 0.29) is 29.8 Å². The number of piperazine rings is 1. The van der Waals surface area contributed by atoms with Crippen LogP contribution in [0.15, 0.2) is 91.9 Å². The van der Waals surface area contributed by atoms with Crippen LogP contribution in [0.25, 0.3) is 22.2 Å². The van der Waals surface area contributed by atoms with Crippen molar-refractivity contribution in [3.05, 3.63) is 97.5 Å². The van der Waals surface area contributed by atoms with Gasteiger partial charge in [-0.1, -0.05) is 44.5 Å². The Morgan fingerprint density at radius 2 is 1.53 bits per heavy atom. The van der Waals surface area contributed by atoms with E-state index in [1.807, 2.05) is 50.5 Å². The van der Waals surface area contributed by atoms with Crippen molar-refractivity contribution in [1.29, 1.82) is 0 Å². The summed E-state index contributed by atoms with van der Waals surface area (Å²) < 4.78 is 13.7. The van der Waals surface area contributed by atoms with Crippen LogP contribution in [0.1, 0.15) is 62.2 Å². The van der Waals surface area contributed by atoms with E-state index in [2.05, 4.69) is 99.2 Å². The van der Waals surface area contributed by atoms with E-state index < -0.39 is 0 Å². The molecule has 9 rings (SSSR count). The molecule has 0 bridgehead atoms. The molecule has 3 amide bonds. The zero-order valence-corrected chi connectivity index (χ0v) is 46.9. The molecule has 3 aromatic heterocycles. The number of hydrogen-bond donors (Lipinski definition) is 4. The van der Waals surface area contributed by atoms with E-state index in [4.69, 9.17) is 19.4 Å². The van der Waals surface area contributed by atoms with Crippen molar-refractivity contribution in [2.24, 2.45) is 7.05 Å². The Morgan fingerprint density at radius 3 is 2.27 bits per heavy atom. The minimum atomic E-state index is -0.318. The number of fused-ring (bicyclic) bond motifs is 2. The number of likely N-dealkylation sites (N-methyl/N-ethyl adjacent to an activating group) is 3. The number of para-hydroxylation sites is 1. The maximum Gasteiger partial charge on any atom is 0.251 e. The van der Waals surface area contributed by atoms with Crippen molar-refractivity contribution in [2.75, 3.05) is 131 Å². The number of nitrogens with zero attached hydrogens (tertiary/aromatic N) is 11. The Labute approximate surface area is 464 Å². The molecular weight excluding hydrogens is 999 g/mol. The molecule has 1 atom stereocenters. The van der Waals surface area contributed by atoms with Gasteiger partial charge >= 0.3 is 0 Å². The molecule has 1 saturated heterocycles. The Kier molecular flexibility index (Phi) is 18.2. The Balaban J connectivity index is 0.698. The highest BCUT2D eigenvalue weighted by molar-refractivity contribution is 6.05. The maximum atomic E-state index is 13.3. The lowest BCUT2D eigenvalue weighted by Gasteiger charge is -2.43. The predicted octanol–water partition coefficient (Wildman–Crippen LogP) is 7.75. The first-order chi connectivity index (χ1) is 38.3. The van der Waals surface area contributed by atoms with Gasteiger partial charge in [0.15, 0.2) is 5.82 Å². The molecule has 1 aliphatic carbocycles. The van der Waals surface area contributed by atoms with Gasteiger partial charge in [-0.3, -0.25) is 14.4 Å². The van der Waals surface area contributed by atoms with Crippen LogP contribution in [0.3, 0.4) is 0 Å². The smallest absolute Gasteiger partial charge is 0.251 e. The number of aryl methyl sites for hydroxylation is 1. The summed E-state index contributed by atoms with van der Waals surface area (Å²) in [7, 11) is 11.2. The van der Waals surface area contributed by atoms with Crippen LogP contribution in [0.2, 0.25) is 0 Å². The standard InChI is InChI=1S/C59H77N15O5/c1-9-48-57(77)71(6)51-38-62-59(67-55(51)74(48)41-17-11-12-18-41)65-45-22-21-40(35-52(45)78-7)56(76)60-24-15-27-72-31-33-73(34-32-72)28-16-26-68(3)29-30-69(4)50-37-53(79-8)47(36-46(50)63-54(75)10-2)66-58-61-25-23-44(64-58)43-39-70(5)49-20-14-13-19-42(43)49/h10,13-14,19-23,25,35-39,41,48H,2,9,11-12,15-18,24,26-34H2,1,3-8H3,(H,60,76)(H,63,75)(H,61,64,66)(H,62,65,67). The largest absolute Gasteiger partial charge is 0.495 e. The number of methoxy groups -OCH3 is 2. The van der Waals surface area contributed by atoms with Gasteiger partial charge in [0.05, 0.1) is 48.9 Å². The summed E-state index contributed by atoms with van der Waals surface area (Å²) >= 11 is 0. The Bertz CT molecular complexity index is 3120. The van der Waals surface area contributed by atoms with Crippen molar-refractivity contribution in [1.82, 2.24) is 44.5 Å². The molecule has 5 heterocycles. The molecule has 1 saturated carbocycles. The first-order valence-corrected chi connectivity index (χ1v) is 27.7. The lowest BCUT2D eigenvalue weighted by atomic mass is 10.0. The number of aromatic nitrogens is 5. The summed E-state index contributed by atoms with van der Waals surface area (Å²) in [5, 5.41) is 13.9. The molecule has 2 aliphatic heterocycles. The monoisotopic (exact) mass is 1080 g/mol. The number of ether oxygens (including phenoxy) is 2. The second kappa shape index (κ2) is 25.8. The van der Waals surface area contributed by atoms with Gasteiger partial charge in [0.1, 0.15) is 23.2 Å². The van der Waals surface area contributed by atoms with Crippen molar-refractivity contribution in [2.45, 2.75) is 64.0 Å². The van der Waals surface area contributed by atoms with Crippen LogP contribution < -0.4 is 45.4 Å². The van der Waals surface area contributed by atoms with E-state index in [1.165, 1.54) is 6.08 Å². The van der Waals surface area contributed by atoms with Gasteiger partial charge in [-0.25, -0.2) is 15.0 Å². The number of rotatable bonds is 24. The highest BCUT2D eigenvalue weighted by atomic mass is 16.5. The van der Waals surface area contributed by atoms with E-state index >= 15 is 0 Å². The third-order valence-corrected chi connectivity index (χ3v) is 15.6. The topological polar surface area (TPSA) is 194 Å². The number of anilines is 8. The first-order valence-electron chi connectivity index (χ1n) is 27.7. The molecule has 0 spiro atoms. The summed E-state index contributed by atoms with van der Waals surface area (Å²) in [6, 6.07) is 19.2. The van der Waals surface area contributed by atoms with Crippen LogP contribution in [0.4, 0.5) is 46.2 Å².